The largest absolute Gasteiger partial charge is 0.0942 e. The Balaban J connectivity index is 2.87. The fraction of sp³-hybridized carbons (Fsp3) is 1.00. The molecule has 0 unspecified atom stereocenters. The van der Waals surface area contributed by atoms with Crippen LogP contribution in [0, 0.1) is 5.92 Å². The van der Waals surface area contributed by atoms with Gasteiger partial charge in [0.1, 0.15) is 0 Å². The Kier molecular flexibility index (Phi) is 12.7. The van der Waals surface area contributed by atoms with Crippen LogP contribution in [0.2, 0.25) is 0 Å². The average Bonchev–Trinajstić information content (AvgIpc) is 2.20. The summed E-state index contributed by atoms with van der Waals surface area (Å²) in [4.78, 5) is 0. The van der Waals surface area contributed by atoms with Crippen molar-refractivity contribution in [1.82, 2.24) is 0 Å². The highest BCUT2D eigenvalue weighted by Gasteiger charge is 1.95. The number of rotatable bonds is 11. The standard InChI is InChI=1S/C14H29S/c1-14(2)12-10-8-6-4-3-5-7-9-11-13-15/h14H,3-13H2,1-2H3. The fourth-order valence-electron chi connectivity index (χ4n) is 1.89. The lowest BCUT2D eigenvalue weighted by molar-refractivity contribution is 0.507. The summed E-state index contributed by atoms with van der Waals surface area (Å²) in [6.45, 7) is 4.64. The van der Waals surface area contributed by atoms with E-state index in [9.17, 15) is 0 Å². The van der Waals surface area contributed by atoms with Gasteiger partial charge < -0.3 is 0 Å². The third-order valence-electron chi connectivity index (χ3n) is 2.93. The zero-order valence-electron chi connectivity index (χ0n) is 10.8. The normalized spacial score (nSPS) is 11.2. The SMILES string of the molecule is CC(C)CCCCCCCCCCC[S]. The van der Waals surface area contributed by atoms with Crippen LogP contribution in [0.25, 0.3) is 0 Å². The van der Waals surface area contributed by atoms with E-state index >= 15 is 0 Å². The van der Waals surface area contributed by atoms with E-state index in [0.29, 0.717) is 0 Å². The first-order chi connectivity index (χ1) is 7.27. The first-order valence-electron chi connectivity index (χ1n) is 6.85. The van der Waals surface area contributed by atoms with Crippen molar-refractivity contribution in [2.75, 3.05) is 5.75 Å². The molecule has 0 aromatic carbocycles. The lowest BCUT2D eigenvalue weighted by Gasteiger charge is -2.04. The summed E-state index contributed by atoms with van der Waals surface area (Å²) >= 11 is 4.92. The first-order valence-corrected chi connectivity index (χ1v) is 7.43. The van der Waals surface area contributed by atoms with Crippen LogP contribution in [0.4, 0.5) is 0 Å². The van der Waals surface area contributed by atoms with Gasteiger partial charge in [-0.25, -0.2) is 0 Å². The Hall–Kier alpha value is 0.350. The number of hydrogen-bond donors (Lipinski definition) is 0. The molecule has 0 bridgehead atoms. The molecular weight excluding hydrogens is 200 g/mol. The van der Waals surface area contributed by atoms with Crippen LogP contribution in [0.5, 0.6) is 0 Å². The van der Waals surface area contributed by atoms with E-state index in [1.54, 1.807) is 0 Å². The zero-order chi connectivity index (χ0) is 11.4. The van der Waals surface area contributed by atoms with E-state index in [0.717, 1.165) is 11.7 Å². The van der Waals surface area contributed by atoms with Crippen LogP contribution in [0.1, 0.15) is 78.1 Å². The molecule has 15 heavy (non-hydrogen) atoms. The second-order valence-corrected chi connectivity index (χ2v) is 5.48. The molecule has 0 aliphatic heterocycles. The summed E-state index contributed by atoms with van der Waals surface area (Å²) < 4.78 is 0. The van der Waals surface area contributed by atoms with E-state index in [4.69, 9.17) is 12.6 Å². The minimum absolute atomic E-state index is 0.892. The highest BCUT2D eigenvalue weighted by atomic mass is 32.1. The van der Waals surface area contributed by atoms with Crippen LogP contribution in [0.3, 0.4) is 0 Å². The van der Waals surface area contributed by atoms with Crippen molar-refractivity contribution in [1.29, 1.82) is 0 Å². The first kappa shape index (κ1) is 15.3. The van der Waals surface area contributed by atoms with Gasteiger partial charge in [0, 0.05) is 5.75 Å². The van der Waals surface area contributed by atoms with Crippen molar-refractivity contribution in [3.8, 4) is 0 Å². The Morgan fingerprint density at radius 1 is 0.667 bits per heavy atom. The molecule has 0 atom stereocenters. The van der Waals surface area contributed by atoms with Crippen molar-refractivity contribution < 1.29 is 0 Å². The van der Waals surface area contributed by atoms with Gasteiger partial charge in [-0.2, -0.15) is 0 Å². The Morgan fingerprint density at radius 2 is 1.07 bits per heavy atom. The highest BCUT2D eigenvalue weighted by molar-refractivity contribution is 7.80. The molecule has 0 aromatic heterocycles. The molecule has 0 amide bonds. The molecule has 0 N–H and O–H groups in total. The number of unbranched alkanes of at least 4 members (excludes halogenated alkanes) is 8. The third kappa shape index (κ3) is 14.4. The second kappa shape index (κ2) is 12.4. The third-order valence-corrected chi connectivity index (χ3v) is 3.21. The van der Waals surface area contributed by atoms with Gasteiger partial charge >= 0.3 is 0 Å². The van der Waals surface area contributed by atoms with Gasteiger partial charge in [0.15, 0.2) is 0 Å². The van der Waals surface area contributed by atoms with Gasteiger partial charge in [-0.1, -0.05) is 84.3 Å². The van der Waals surface area contributed by atoms with Crippen molar-refractivity contribution in [3.63, 3.8) is 0 Å². The van der Waals surface area contributed by atoms with Crippen molar-refractivity contribution in [2.45, 2.75) is 78.1 Å². The van der Waals surface area contributed by atoms with Gasteiger partial charge in [-0.05, 0) is 12.3 Å². The van der Waals surface area contributed by atoms with Crippen molar-refractivity contribution in [3.05, 3.63) is 0 Å². The van der Waals surface area contributed by atoms with Crippen LogP contribution in [0.15, 0.2) is 0 Å². The number of hydrogen-bond acceptors (Lipinski definition) is 0. The van der Waals surface area contributed by atoms with E-state index in [1.807, 2.05) is 0 Å². The Labute approximate surface area is 103 Å². The molecule has 0 aliphatic rings. The summed E-state index contributed by atoms with van der Waals surface area (Å²) in [5, 5.41) is 0. The summed E-state index contributed by atoms with van der Waals surface area (Å²) in [6.07, 6.45) is 14.1. The van der Waals surface area contributed by atoms with Gasteiger partial charge in [-0.15, -0.1) is 0 Å². The maximum atomic E-state index is 4.92. The summed E-state index contributed by atoms with van der Waals surface area (Å²) in [5.74, 6) is 1.85. The topological polar surface area (TPSA) is 0 Å². The summed E-state index contributed by atoms with van der Waals surface area (Å²) in [6, 6.07) is 0. The predicted octanol–water partition coefficient (Wildman–Crippen LogP) is 5.74. The van der Waals surface area contributed by atoms with Crippen molar-refractivity contribution >= 4 is 12.6 Å². The van der Waals surface area contributed by atoms with E-state index in [-0.39, 0.29) is 0 Å². The molecule has 0 saturated heterocycles. The lowest BCUT2D eigenvalue weighted by Crippen LogP contribution is -1.87. The van der Waals surface area contributed by atoms with Gasteiger partial charge in [0.25, 0.3) is 0 Å². The molecule has 0 spiro atoms. The fourth-order valence-corrected chi connectivity index (χ4v) is 2.10. The Bertz CT molecular complexity index is 110. The minimum Gasteiger partial charge on any atom is -0.0942 e. The monoisotopic (exact) mass is 229 g/mol. The molecule has 0 saturated carbocycles. The van der Waals surface area contributed by atoms with Gasteiger partial charge in [0.2, 0.25) is 0 Å². The van der Waals surface area contributed by atoms with Crippen LogP contribution >= 0.6 is 12.6 Å². The van der Waals surface area contributed by atoms with Crippen LogP contribution in [-0.2, 0) is 0 Å². The van der Waals surface area contributed by atoms with Gasteiger partial charge in [0.05, 0.1) is 0 Å². The molecule has 0 fully saturated rings. The van der Waals surface area contributed by atoms with Crippen LogP contribution < -0.4 is 0 Å². The lowest BCUT2D eigenvalue weighted by atomic mass is 10.0. The molecule has 1 radical (unpaired) electrons. The van der Waals surface area contributed by atoms with E-state index < -0.39 is 0 Å². The molecule has 0 heterocycles. The maximum Gasteiger partial charge on any atom is 0.00369 e. The maximum absolute atomic E-state index is 4.92. The molecule has 0 rings (SSSR count). The smallest absolute Gasteiger partial charge is 0.00369 e. The van der Waals surface area contributed by atoms with Crippen molar-refractivity contribution in [2.24, 2.45) is 5.92 Å². The molecule has 91 valence electrons. The molecule has 0 aromatic rings. The van der Waals surface area contributed by atoms with E-state index in [1.165, 1.54) is 64.2 Å². The zero-order valence-corrected chi connectivity index (χ0v) is 11.6. The summed E-state index contributed by atoms with van der Waals surface area (Å²) in [5.41, 5.74) is 0. The van der Waals surface area contributed by atoms with Gasteiger partial charge in [-0.3, -0.25) is 0 Å². The van der Waals surface area contributed by atoms with Crippen LogP contribution in [-0.4, -0.2) is 5.75 Å². The molecular formula is C14H29S. The predicted molar refractivity (Wildman–Crippen MR) is 73.5 cm³/mol. The molecule has 1 heteroatoms. The molecule has 0 nitrogen and oxygen atoms in total. The highest BCUT2D eigenvalue weighted by Crippen LogP contribution is 2.12. The molecule has 0 aliphatic carbocycles. The Morgan fingerprint density at radius 3 is 1.47 bits per heavy atom. The average molecular weight is 229 g/mol. The second-order valence-electron chi connectivity index (χ2n) is 5.07. The summed E-state index contributed by atoms with van der Waals surface area (Å²) in [7, 11) is 0. The van der Waals surface area contributed by atoms with E-state index in [2.05, 4.69) is 13.8 Å². The minimum atomic E-state index is 0.892. The quantitative estimate of drug-likeness (QED) is 0.396.